The van der Waals surface area contributed by atoms with Crippen LogP contribution in [0.25, 0.3) is 0 Å². The van der Waals surface area contributed by atoms with E-state index < -0.39 is 10.0 Å². The predicted octanol–water partition coefficient (Wildman–Crippen LogP) is 0.469. The lowest BCUT2D eigenvalue weighted by Gasteiger charge is -2.11. The molecule has 0 saturated heterocycles. The molecule has 0 aliphatic rings. The Labute approximate surface area is 113 Å². The number of benzene rings is 1. The molecule has 0 aliphatic carbocycles. The van der Waals surface area contributed by atoms with Crippen LogP contribution < -0.4 is 15.2 Å². The summed E-state index contributed by atoms with van der Waals surface area (Å²) < 4.78 is 36.6. The maximum absolute atomic E-state index is 12.0. The van der Waals surface area contributed by atoms with E-state index in [1.807, 2.05) is 6.92 Å². The van der Waals surface area contributed by atoms with Crippen LogP contribution in [0.3, 0.4) is 0 Å². The van der Waals surface area contributed by atoms with Gasteiger partial charge in [-0.25, -0.2) is 13.1 Å². The highest BCUT2D eigenvalue weighted by atomic mass is 32.2. The third kappa shape index (κ3) is 4.46. The molecule has 0 radical (unpaired) electrons. The molecule has 0 bridgehead atoms. The number of methoxy groups -OCH3 is 1. The molecule has 7 heteroatoms. The van der Waals surface area contributed by atoms with Crippen molar-refractivity contribution in [2.24, 2.45) is 5.73 Å². The molecule has 1 rings (SSSR count). The van der Waals surface area contributed by atoms with Gasteiger partial charge >= 0.3 is 0 Å². The summed E-state index contributed by atoms with van der Waals surface area (Å²) in [4.78, 5) is 0.174. The molecule has 1 aromatic rings. The number of hydrogen-bond acceptors (Lipinski definition) is 5. The molecule has 0 spiro atoms. The Balaban J connectivity index is 2.94. The van der Waals surface area contributed by atoms with E-state index in [2.05, 4.69) is 4.72 Å². The molecule has 0 atom stereocenters. The molecule has 108 valence electrons. The van der Waals surface area contributed by atoms with Gasteiger partial charge in [-0.2, -0.15) is 0 Å². The van der Waals surface area contributed by atoms with Gasteiger partial charge in [0.2, 0.25) is 10.0 Å². The van der Waals surface area contributed by atoms with E-state index >= 15 is 0 Å². The average molecular weight is 288 g/mol. The molecule has 0 fully saturated rings. The number of nitrogens with one attached hydrogen (secondary N) is 1. The predicted molar refractivity (Wildman–Crippen MR) is 72.6 cm³/mol. The van der Waals surface area contributed by atoms with Crippen molar-refractivity contribution in [1.82, 2.24) is 4.72 Å². The van der Waals surface area contributed by atoms with Crippen LogP contribution in [0.15, 0.2) is 23.1 Å². The van der Waals surface area contributed by atoms with Crippen LogP contribution in [0.5, 0.6) is 5.75 Å². The molecular weight excluding hydrogens is 268 g/mol. The lowest BCUT2D eigenvalue weighted by atomic mass is 10.2. The smallest absolute Gasteiger partial charge is 0.240 e. The minimum atomic E-state index is -3.54. The first-order valence-electron chi connectivity index (χ1n) is 5.99. The van der Waals surface area contributed by atoms with Crippen molar-refractivity contribution in [1.29, 1.82) is 0 Å². The molecule has 0 heterocycles. The topological polar surface area (TPSA) is 90.7 Å². The molecule has 0 aromatic heterocycles. The zero-order valence-electron chi connectivity index (χ0n) is 11.2. The summed E-state index contributed by atoms with van der Waals surface area (Å²) in [5, 5.41) is 0. The Morgan fingerprint density at radius 1 is 1.37 bits per heavy atom. The molecule has 0 unspecified atom stereocenters. The van der Waals surface area contributed by atoms with Gasteiger partial charge in [0.25, 0.3) is 0 Å². The Morgan fingerprint density at radius 3 is 2.68 bits per heavy atom. The normalized spacial score (nSPS) is 11.5. The zero-order chi connectivity index (χ0) is 14.3. The summed E-state index contributed by atoms with van der Waals surface area (Å²) in [5.41, 5.74) is 6.26. The Hall–Kier alpha value is -1.15. The van der Waals surface area contributed by atoms with Gasteiger partial charge in [0, 0.05) is 25.8 Å². The summed E-state index contributed by atoms with van der Waals surface area (Å²) in [5.74, 6) is 0.612. The van der Waals surface area contributed by atoms with Crippen molar-refractivity contribution in [3.8, 4) is 5.75 Å². The Morgan fingerprint density at radius 2 is 2.11 bits per heavy atom. The van der Waals surface area contributed by atoms with Gasteiger partial charge in [0.05, 0.1) is 18.1 Å². The summed E-state index contributed by atoms with van der Waals surface area (Å²) in [6.07, 6.45) is 0. The van der Waals surface area contributed by atoms with Crippen molar-refractivity contribution >= 4 is 10.0 Å². The van der Waals surface area contributed by atoms with Crippen molar-refractivity contribution < 1.29 is 17.9 Å². The average Bonchev–Trinajstić information content (AvgIpc) is 2.39. The van der Waals surface area contributed by atoms with Gasteiger partial charge in [-0.1, -0.05) is 0 Å². The second-order valence-electron chi connectivity index (χ2n) is 3.80. The molecule has 6 nitrogen and oxygen atoms in total. The molecule has 0 amide bonds. The molecule has 19 heavy (non-hydrogen) atoms. The third-order valence-corrected chi connectivity index (χ3v) is 3.92. The van der Waals surface area contributed by atoms with Crippen LogP contribution in [0.4, 0.5) is 0 Å². The zero-order valence-corrected chi connectivity index (χ0v) is 12.0. The standard InChI is InChI=1S/C12H20N2O4S/c1-3-18-12-5-4-11(8-10(12)9-13)19(15,16)14-6-7-17-2/h4-5,8,14H,3,6-7,9,13H2,1-2H3. The lowest BCUT2D eigenvalue weighted by Crippen LogP contribution is -2.27. The fourth-order valence-electron chi connectivity index (χ4n) is 1.54. The van der Waals surface area contributed by atoms with Gasteiger partial charge in [0.1, 0.15) is 5.75 Å². The van der Waals surface area contributed by atoms with Gasteiger partial charge in [-0.3, -0.25) is 0 Å². The minimum absolute atomic E-state index is 0.174. The summed E-state index contributed by atoms with van der Waals surface area (Å²) in [6.45, 7) is 3.13. The van der Waals surface area contributed by atoms with Crippen LogP contribution in [-0.2, 0) is 21.3 Å². The fraction of sp³-hybridized carbons (Fsp3) is 0.500. The largest absolute Gasteiger partial charge is 0.494 e. The quantitative estimate of drug-likeness (QED) is 0.679. The van der Waals surface area contributed by atoms with E-state index in [1.54, 1.807) is 6.07 Å². The van der Waals surface area contributed by atoms with Crippen LogP contribution >= 0.6 is 0 Å². The van der Waals surface area contributed by atoms with Crippen molar-refractivity contribution in [2.45, 2.75) is 18.4 Å². The molecule has 0 saturated carbocycles. The number of sulfonamides is 1. The van der Waals surface area contributed by atoms with E-state index in [1.165, 1.54) is 19.2 Å². The highest BCUT2D eigenvalue weighted by molar-refractivity contribution is 7.89. The fourth-order valence-corrected chi connectivity index (χ4v) is 2.60. The number of hydrogen-bond donors (Lipinski definition) is 2. The maximum Gasteiger partial charge on any atom is 0.240 e. The summed E-state index contributed by atoms with van der Waals surface area (Å²) in [7, 11) is -2.03. The molecule has 0 aliphatic heterocycles. The van der Waals surface area contributed by atoms with Crippen LogP contribution in [0.2, 0.25) is 0 Å². The van der Waals surface area contributed by atoms with E-state index in [0.29, 0.717) is 24.5 Å². The van der Waals surface area contributed by atoms with Crippen LogP contribution in [0, 0.1) is 0 Å². The van der Waals surface area contributed by atoms with Crippen molar-refractivity contribution in [2.75, 3.05) is 26.9 Å². The first kappa shape index (κ1) is 15.9. The van der Waals surface area contributed by atoms with Gasteiger partial charge in [-0.15, -0.1) is 0 Å². The second kappa shape index (κ2) is 7.44. The van der Waals surface area contributed by atoms with Gasteiger partial charge < -0.3 is 15.2 Å². The third-order valence-electron chi connectivity index (χ3n) is 2.46. The van der Waals surface area contributed by atoms with Crippen LogP contribution in [-0.4, -0.2) is 35.3 Å². The Kier molecular flexibility index (Phi) is 6.23. The summed E-state index contributed by atoms with van der Waals surface area (Å²) >= 11 is 0. The lowest BCUT2D eigenvalue weighted by molar-refractivity contribution is 0.204. The van der Waals surface area contributed by atoms with Gasteiger partial charge in [-0.05, 0) is 25.1 Å². The highest BCUT2D eigenvalue weighted by Gasteiger charge is 2.15. The van der Waals surface area contributed by atoms with E-state index in [-0.39, 0.29) is 18.0 Å². The van der Waals surface area contributed by atoms with Crippen molar-refractivity contribution in [3.05, 3.63) is 23.8 Å². The second-order valence-corrected chi connectivity index (χ2v) is 5.56. The monoisotopic (exact) mass is 288 g/mol. The molecule has 3 N–H and O–H groups in total. The van der Waals surface area contributed by atoms with E-state index in [0.717, 1.165) is 0 Å². The first-order valence-corrected chi connectivity index (χ1v) is 7.47. The maximum atomic E-state index is 12.0. The van der Waals surface area contributed by atoms with Crippen LogP contribution in [0.1, 0.15) is 12.5 Å². The van der Waals surface area contributed by atoms with E-state index in [9.17, 15) is 8.42 Å². The first-order chi connectivity index (χ1) is 9.05. The van der Waals surface area contributed by atoms with Crippen molar-refractivity contribution in [3.63, 3.8) is 0 Å². The SMILES string of the molecule is CCOc1ccc(S(=O)(=O)NCCOC)cc1CN. The van der Waals surface area contributed by atoms with Gasteiger partial charge in [0.15, 0.2) is 0 Å². The minimum Gasteiger partial charge on any atom is -0.494 e. The van der Waals surface area contributed by atoms with E-state index in [4.69, 9.17) is 15.2 Å². The molecule has 1 aromatic carbocycles. The molecular formula is C12H20N2O4S. The number of nitrogens with two attached hydrogens (primary N) is 1. The highest BCUT2D eigenvalue weighted by Crippen LogP contribution is 2.22. The Bertz CT molecular complexity index is 502. The summed E-state index contributed by atoms with van der Waals surface area (Å²) in [6, 6.07) is 4.65. The number of ether oxygens (including phenoxy) is 2. The number of rotatable bonds is 8.